The SMILES string of the molecule is CNCc1nc(COc2ccc(CCOC)cc2)cs1. The highest BCUT2D eigenvalue weighted by atomic mass is 32.1. The lowest BCUT2D eigenvalue weighted by molar-refractivity contribution is 0.202. The molecule has 1 N–H and O–H groups in total. The highest BCUT2D eigenvalue weighted by Crippen LogP contribution is 2.16. The van der Waals surface area contributed by atoms with Crippen molar-refractivity contribution in [2.24, 2.45) is 0 Å². The van der Waals surface area contributed by atoms with Crippen LogP contribution in [0.1, 0.15) is 16.3 Å². The molecule has 2 aromatic rings. The number of nitrogens with zero attached hydrogens (tertiary/aromatic N) is 1. The molecule has 0 fully saturated rings. The molecule has 1 aromatic heterocycles. The summed E-state index contributed by atoms with van der Waals surface area (Å²) in [6, 6.07) is 8.13. The van der Waals surface area contributed by atoms with Crippen molar-refractivity contribution in [1.82, 2.24) is 10.3 Å². The first-order valence-corrected chi connectivity index (χ1v) is 7.48. The molecule has 20 heavy (non-hydrogen) atoms. The van der Waals surface area contributed by atoms with Crippen LogP contribution in [0.5, 0.6) is 5.75 Å². The fourth-order valence-electron chi connectivity index (χ4n) is 1.78. The van der Waals surface area contributed by atoms with E-state index in [1.54, 1.807) is 18.4 Å². The lowest BCUT2D eigenvalue weighted by Gasteiger charge is -2.05. The second-order valence-electron chi connectivity index (χ2n) is 4.44. The third-order valence-electron chi connectivity index (χ3n) is 2.83. The van der Waals surface area contributed by atoms with E-state index in [-0.39, 0.29) is 0 Å². The van der Waals surface area contributed by atoms with Gasteiger partial charge < -0.3 is 14.8 Å². The first kappa shape index (κ1) is 15.0. The maximum absolute atomic E-state index is 5.74. The summed E-state index contributed by atoms with van der Waals surface area (Å²) in [5.74, 6) is 0.870. The molecule has 0 aliphatic carbocycles. The smallest absolute Gasteiger partial charge is 0.131 e. The lowest BCUT2D eigenvalue weighted by Crippen LogP contribution is -2.05. The molecule has 0 radical (unpaired) electrons. The van der Waals surface area contributed by atoms with Crippen LogP contribution in [0.25, 0.3) is 0 Å². The maximum atomic E-state index is 5.74. The molecule has 0 bridgehead atoms. The number of benzene rings is 1. The van der Waals surface area contributed by atoms with Gasteiger partial charge in [-0.25, -0.2) is 4.98 Å². The van der Waals surface area contributed by atoms with Crippen molar-refractivity contribution in [3.05, 3.63) is 45.9 Å². The van der Waals surface area contributed by atoms with Gasteiger partial charge in [-0.1, -0.05) is 12.1 Å². The number of aromatic nitrogens is 1. The van der Waals surface area contributed by atoms with E-state index in [4.69, 9.17) is 9.47 Å². The van der Waals surface area contributed by atoms with Gasteiger partial charge in [0.05, 0.1) is 12.3 Å². The molecule has 0 spiro atoms. The van der Waals surface area contributed by atoms with Crippen LogP contribution in [-0.4, -0.2) is 25.7 Å². The Morgan fingerprint density at radius 1 is 1.25 bits per heavy atom. The van der Waals surface area contributed by atoms with Crippen LogP contribution in [0.3, 0.4) is 0 Å². The Labute approximate surface area is 123 Å². The van der Waals surface area contributed by atoms with Crippen molar-refractivity contribution < 1.29 is 9.47 Å². The van der Waals surface area contributed by atoms with Crippen molar-refractivity contribution in [3.63, 3.8) is 0 Å². The Hall–Kier alpha value is -1.43. The highest BCUT2D eigenvalue weighted by Gasteiger charge is 2.02. The number of hydrogen-bond donors (Lipinski definition) is 1. The summed E-state index contributed by atoms with van der Waals surface area (Å²) in [7, 11) is 3.64. The van der Waals surface area contributed by atoms with Crippen LogP contribution < -0.4 is 10.1 Å². The predicted octanol–water partition coefficient (Wildman–Crippen LogP) is 2.63. The highest BCUT2D eigenvalue weighted by molar-refractivity contribution is 7.09. The molecule has 0 atom stereocenters. The van der Waals surface area contributed by atoms with Crippen LogP contribution in [0.15, 0.2) is 29.6 Å². The van der Waals surface area contributed by atoms with Gasteiger partial charge in [0.25, 0.3) is 0 Å². The summed E-state index contributed by atoms with van der Waals surface area (Å²) < 4.78 is 10.8. The fourth-order valence-corrected chi connectivity index (χ4v) is 2.57. The zero-order valence-electron chi connectivity index (χ0n) is 11.9. The van der Waals surface area contributed by atoms with Crippen molar-refractivity contribution in [2.45, 2.75) is 19.6 Å². The Morgan fingerprint density at radius 2 is 2.05 bits per heavy atom. The van der Waals surface area contributed by atoms with E-state index in [1.807, 2.05) is 24.6 Å². The third kappa shape index (κ3) is 4.59. The van der Waals surface area contributed by atoms with Crippen LogP contribution in [0.2, 0.25) is 0 Å². The molecule has 0 unspecified atom stereocenters. The fraction of sp³-hybridized carbons (Fsp3) is 0.400. The number of hydrogen-bond acceptors (Lipinski definition) is 5. The molecule has 5 heteroatoms. The van der Waals surface area contributed by atoms with Gasteiger partial charge in [0.15, 0.2) is 0 Å². The number of ether oxygens (including phenoxy) is 2. The average Bonchev–Trinajstić information content (AvgIpc) is 2.92. The third-order valence-corrected chi connectivity index (χ3v) is 3.73. The Morgan fingerprint density at radius 3 is 2.75 bits per heavy atom. The minimum Gasteiger partial charge on any atom is -0.487 e. The summed E-state index contributed by atoms with van der Waals surface area (Å²) in [4.78, 5) is 4.49. The molecule has 108 valence electrons. The average molecular weight is 292 g/mol. The van der Waals surface area contributed by atoms with Crippen molar-refractivity contribution in [1.29, 1.82) is 0 Å². The molecular weight excluding hydrogens is 272 g/mol. The monoisotopic (exact) mass is 292 g/mol. The molecule has 4 nitrogen and oxygen atoms in total. The molecule has 0 aliphatic heterocycles. The minimum atomic E-state index is 0.512. The van der Waals surface area contributed by atoms with Gasteiger partial charge >= 0.3 is 0 Å². The molecule has 1 heterocycles. The van der Waals surface area contributed by atoms with Gasteiger partial charge in [-0.2, -0.15) is 0 Å². The number of methoxy groups -OCH3 is 1. The predicted molar refractivity (Wildman–Crippen MR) is 81.2 cm³/mol. The first-order chi connectivity index (χ1) is 9.81. The van der Waals surface area contributed by atoms with E-state index in [0.717, 1.165) is 36.0 Å². The Kier molecular flexibility index (Phi) is 5.98. The molecule has 0 aliphatic rings. The Bertz CT molecular complexity index is 511. The summed E-state index contributed by atoms with van der Waals surface area (Å²) in [6.07, 6.45) is 0.927. The first-order valence-electron chi connectivity index (χ1n) is 6.60. The second-order valence-corrected chi connectivity index (χ2v) is 5.38. The van der Waals surface area contributed by atoms with Gasteiger partial charge in [-0.3, -0.25) is 0 Å². The number of rotatable bonds is 8. The molecule has 1 aromatic carbocycles. The van der Waals surface area contributed by atoms with E-state index >= 15 is 0 Å². The second kappa shape index (κ2) is 7.99. The zero-order chi connectivity index (χ0) is 14.2. The largest absolute Gasteiger partial charge is 0.487 e. The van der Waals surface area contributed by atoms with Gasteiger partial charge in [0.2, 0.25) is 0 Å². The number of thiazole rings is 1. The van der Waals surface area contributed by atoms with Gasteiger partial charge in [-0.05, 0) is 31.2 Å². The Balaban J connectivity index is 1.83. The topological polar surface area (TPSA) is 43.4 Å². The standard InChI is InChI=1S/C15H20N2O2S/c1-16-9-15-17-13(11-20-15)10-19-14-5-3-12(4-6-14)7-8-18-2/h3-6,11,16H,7-10H2,1-2H3. The maximum Gasteiger partial charge on any atom is 0.131 e. The van der Waals surface area contributed by atoms with Gasteiger partial charge in [0, 0.05) is 19.0 Å². The summed E-state index contributed by atoms with van der Waals surface area (Å²) >= 11 is 1.65. The summed E-state index contributed by atoms with van der Waals surface area (Å²) in [5.41, 5.74) is 2.23. The molecule has 0 saturated heterocycles. The van der Waals surface area contributed by atoms with E-state index in [0.29, 0.717) is 6.61 Å². The van der Waals surface area contributed by atoms with Crippen LogP contribution in [0, 0.1) is 0 Å². The van der Waals surface area contributed by atoms with E-state index < -0.39 is 0 Å². The normalized spacial score (nSPS) is 10.7. The van der Waals surface area contributed by atoms with E-state index in [2.05, 4.69) is 22.4 Å². The van der Waals surface area contributed by atoms with Crippen molar-refractivity contribution in [3.8, 4) is 5.75 Å². The van der Waals surface area contributed by atoms with Crippen LogP contribution in [0.4, 0.5) is 0 Å². The van der Waals surface area contributed by atoms with Crippen molar-refractivity contribution >= 4 is 11.3 Å². The minimum absolute atomic E-state index is 0.512. The quantitative estimate of drug-likeness (QED) is 0.812. The van der Waals surface area contributed by atoms with Gasteiger partial charge in [0.1, 0.15) is 17.4 Å². The lowest BCUT2D eigenvalue weighted by atomic mass is 10.1. The van der Waals surface area contributed by atoms with Crippen LogP contribution >= 0.6 is 11.3 Å². The van der Waals surface area contributed by atoms with Gasteiger partial charge in [-0.15, -0.1) is 11.3 Å². The molecule has 0 saturated carbocycles. The zero-order valence-corrected chi connectivity index (χ0v) is 12.7. The number of nitrogens with one attached hydrogen (secondary N) is 1. The molecule has 2 rings (SSSR count). The van der Waals surface area contributed by atoms with E-state index in [9.17, 15) is 0 Å². The molecular formula is C15H20N2O2S. The van der Waals surface area contributed by atoms with E-state index in [1.165, 1.54) is 5.56 Å². The molecule has 0 amide bonds. The van der Waals surface area contributed by atoms with Crippen molar-refractivity contribution in [2.75, 3.05) is 20.8 Å². The summed E-state index contributed by atoms with van der Waals surface area (Å²) in [6.45, 7) is 2.06. The summed E-state index contributed by atoms with van der Waals surface area (Å²) in [5, 5.41) is 6.22. The van der Waals surface area contributed by atoms with Crippen LogP contribution in [-0.2, 0) is 24.3 Å².